The molecule has 0 saturated carbocycles. The predicted molar refractivity (Wildman–Crippen MR) is 119 cm³/mol. The van der Waals surface area contributed by atoms with Crippen molar-refractivity contribution in [3.63, 3.8) is 0 Å². The monoisotopic (exact) mass is 441 g/mol. The molecule has 1 fully saturated rings. The molecule has 9 heteroatoms. The molecule has 2 aromatic rings. The SMILES string of the molecule is COCCN1C(=O)N(c2cccc(C)c2)C(=O)[C@@H]1CC(=O)Nc1cc(OC)cc(OC)c1. The lowest BCUT2D eigenvalue weighted by Crippen LogP contribution is -2.39. The number of carbonyl (C=O) groups excluding carboxylic acids is 3. The second kappa shape index (κ2) is 10.1. The Labute approximate surface area is 186 Å². The van der Waals surface area contributed by atoms with E-state index >= 15 is 0 Å². The molecule has 170 valence electrons. The van der Waals surface area contributed by atoms with Crippen LogP contribution in [0.25, 0.3) is 0 Å². The number of ether oxygens (including phenoxy) is 3. The van der Waals surface area contributed by atoms with Gasteiger partial charge < -0.3 is 24.4 Å². The molecular formula is C23H27N3O6. The molecule has 0 aromatic heterocycles. The number of urea groups is 1. The van der Waals surface area contributed by atoms with Crippen molar-refractivity contribution < 1.29 is 28.6 Å². The maximum atomic E-state index is 13.2. The zero-order chi connectivity index (χ0) is 23.3. The van der Waals surface area contributed by atoms with Crippen LogP contribution in [0.3, 0.4) is 0 Å². The Bertz CT molecular complexity index is 987. The van der Waals surface area contributed by atoms with Crippen LogP contribution < -0.4 is 19.7 Å². The van der Waals surface area contributed by atoms with Gasteiger partial charge in [0.2, 0.25) is 5.91 Å². The van der Waals surface area contributed by atoms with Gasteiger partial charge in [0.1, 0.15) is 17.5 Å². The Hall–Kier alpha value is -3.59. The van der Waals surface area contributed by atoms with Crippen molar-refractivity contribution in [3.05, 3.63) is 48.0 Å². The summed E-state index contributed by atoms with van der Waals surface area (Å²) in [5.41, 5.74) is 1.85. The number of hydrogen-bond donors (Lipinski definition) is 1. The van der Waals surface area contributed by atoms with Gasteiger partial charge in [-0.1, -0.05) is 12.1 Å². The Kier molecular flexibility index (Phi) is 7.32. The summed E-state index contributed by atoms with van der Waals surface area (Å²) >= 11 is 0. The van der Waals surface area contributed by atoms with E-state index in [9.17, 15) is 14.4 Å². The summed E-state index contributed by atoms with van der Waals surface area (Å²) in [4.78, 5) is 41.6. The van der Waals surface area contributed by atoms with E-state index in [4.69, 9.17) is 14.2 Å². The fourth-order valence-electron chi connectivity index (χ4n) is 3.55. The van der Waals surface area contributed by atoms with Gasteiger partial charge in [0.05, 0.1) is 32.9 Å². The number of nitrogens with one attached hydrogen (secondary N) is 1. The van der Waals surface area contributed by atoms with E-state index in [1.807, 2.05) is 13.0 Å². The molecule has 0 unspecified atom stereocenters. The highest BCUT2D eigenvalue weighted by molar-refractivity contribution is 6.22. The van der Waals surface area contributed by atoms with Crippen LogP contribution in [0.2, 0.25) is 0 Å². The van der Waals surface area contributed by atoms with Crippen molar-refractivity contribution in [2.75, 3.05) is 44.7 Å². The van der Waals surface area contributed by atoms with E-state index in [1.54, 1.807) is 36.4 Å². The van der Waals surface area contributed by atoms with Crippen LogP contribution in [0.4, 0.5) is 16.2 Å². The van der Waals surface area contributed by atoms with E-state index in [1.165, 1.54) is 26.2 Å². The first-order valence-electron chi connectivity index (χ1n) is 10.1. The Morgan fingerprint density at radius 3 is 2.31 bits per heavy atom. The normalized spacial score (nSPS) is 15.8. The lowest BCUT2D eigenvalue weighted by molar-refractivity contribution is -0.124. The Morgan fingerprint density at radius 2 is 1.72 bits per heavy atom. The highest BCUT2D eigenvalue weighted by Crippen LogP contribution is 2.29. The number of anilines is 2. The van der Waals surface area contributed by atoms with Crippen molar-refractivity contribution in [1.29, 1.82) is 0 Å². The van der Waals surface area contributed by atoms with Crippen LogP contribution in [0.15, 0.2) is 42.5 Å². The van der Waals surface area contributed by atoms with Gasteiger partial charge >= 0.3 is 6.03 Å². The molecule has 0 bridgehead atoms. The quantitative estimate of drug-likeness (QED) is 0.601. The van der Waals surface area contributed by atoms with Gasteiger partial charge in [-0.15, -0.1) is 0 Å². The van der Waals surface area contributed by atoms with Gasteiger partial charge in [0, 0.05) is 37.5 Å². The van der Waals surface area contributed by atoms with Crippen molar-refractivity contribution in [3.8, 4) is 11.5 Å². The minimum Gasteiger partial charge on any atom is -0.497 e. The number of imide groups is 1. The standard InChI is InChI=1S/C23H27N3O6/c1-15-6-5-7-17(10-15)26-22(28)20(25(23(26)29)8-9-30-2)14-21(27)24-16-11-18(31-3)13-19(12-16)32-4/h5-7,10-13,20H,8-9,14H2,1-4H3,(H,24,27)/t20-/m0/s1. The Balaban J connectivity index is 1.82. The predicted octanol–water partition coefficient (Wildman–Crippen LogP) is 2.82. The zero-order valence-electron chi connectivity index (χ0n) is 18.6. The average Bonchev–Trinajstić information content (AvgIpc) is 3.00. The number of nitrogens with zero attached hydrogens (tertiary/aromatic N) is 2. The summed E-state index contributed by atoms with van der Waals surface area (Å²) < 4.78 is 15.5. The van der Waals surface area contributed by atoms with E-state index < -0.39 is 23.9 Å². The van der Waals surface area contributed by atoms with Crippen LogP contribution in [0.1, 0.15) is 12.0 Å². The van der Waals surface area contributed by atoms with Crippen LogP contribution in [0.5, 0.6) is 11.5 Å². The highest BCUT2D eigenvalue weighted by atomic mass is 16.5. The third kappa shape index (κ3) is 5.00. The first-order valence-corrected chi connectivity index (χ1v) is 10.1. The fourth-order valence-corrected chi connectivity index (χ4v) is 3.55. The van der Waals surface area contributed by atoms with Crippen molar-refractivity contribution in [2.24, 2.45) is 0 Å². The highest BCUT2D eigenvalue weighted by Gasteiger charge is 2.46. The minimum atomic E-state index is -0.939. The second-order valence-corrected chi connectivity index (χ2v) is 7.35. The molecular weight excluding hydrogens is 414 g/mol. The van der Waals surface area contributed by atoms with Crippen molar-refractivity contribution in [1.82, 2.24) is 4.90 Å². The maximum Gasteiger partial charge on any atom is 0.332 e. The summed E-state index contributed by atoms with van der Waals surface area (Å²) in [5, 5.41) is 2.76. The average molecular weight is 441 g/mol. The molecule has 32 heavy (non-hydrogen) atoms. The fraction of sp³-hybridized carbons (Fsp3) is 0.348. The smallest absolute Gasteiger partial charge is 0.332 e. The van der Waals surface area contributed by atoms with Crippen molar-refractivity contribution >= 4 is 29.2 Å². The van der Waals surface area contributed by atoms with E-state index in [2.05, 4.69) is 5.32 Å². The first kappa shape index (κ1) is 23.1. The van der Waals surface area contributed by atoms with Crippen LogP contribution >= 0.6 is 0 Å². The third-order valence-corrected chi connectivity index (χ3v) is 5.13. The number of rotatable bonds is 9. The number of methoxy groups -OCH3 is 3. The minimum absolute atomic E-state index is 0.189. The molecule has 1 N–H and O–H groups in total. The molecule has 9 nitrogen and oxygen atoms in total. The summed E-state index contributed by atoms with van der Waals surface area (Å²) in [7, 11) is 4.53. The number of carbonyl (C=O) groups is 3. The molecule has 3 rings (SSSR count). The number of hydrogen-bond acceptors (Lipinski definition) is 6. The van der Waals surface area contributed by atoms with Gasteiger partial charge in [-0.2, -0.15) is 0 Å². The van der Waals surface area contributed by atoms with E-state index in [-0.39, 0.29) is 19.6 Å². The van der Waals surface area contributed by atoms with Crippen LogP contribution in [-0.4, -0.2) is 63.3 Å². The number of benzene rings is 2. The molecule has 1 heterocycles. The Morgan fingerprint density at radius 1 is 1.03 bits per heavy atom. The molecule has 0 spiro atoms. The van der Waals surface area contributed by atoms with Crippen LogP contribution in [0, 0.1) is 6.92 Å². The van der Waals surface area contributed by atoms with Crippen molar-refractivity contribution in [2.45, 2.75) is 19.4 Å². The number of amides is 4. The van der Waals surface area contributed by atoms with E-state index in [0.29, 0.717) is 22.9 Å². The molecule has 4 amide bonds. The lowest BCUT2D eigenvalue weighted by Gasteiger charge is -2.21. The van der Waals surface area contributed by atoms with Gasteiger partial charge in [-0.3, -0.25) is 9.59 Å². The first-order chi connectivity index (χ1) is 15.4. The molecule has 0 radical (unpaired) electrons. The van der Waals surface area contributed by atoms with Gasteiger partial charge in [-0.25, -0.2) is 9.69 Å². The maximum absolute atomic E-state index is 13.2. The molecule has 0 aliphatic carbocycles. The van der Waals surface area contributed by atoms with Gasteiger partial charge in [0.25, 0.3) is 5.91 Å². The molecule has 1 atom stereocenters. The second-order valence-electron chi connectivity index (χ2n) is 7.35. The van der Waals surface area contributed by atoms with Gasteiger partial charge in [0.15, 0.2) is 0 Å². The molecule has 2 aromatic carbocycles. The number of aryl methyl sites for hydroxylation is 1. The summed E-state index contributed by atoms with van der Waals surface area (Å²) in [6, 6.07) is 10.7. The third-order valence-electron chi connectivity index (χ3n) is 5.13. The van der Waals surface area contributed by atoms with Gasteiger partial charge in [-0.05, 0) is 24.6 Å². The van der Waals surface area contributed by atoms with E-state index in [0.717, 1.165) is 10.5 Å². The lowest BCUT2D eigenvalue weighted by atomic mass is 10.1. The molecule has 1 aliphatic heterocycles. The molecule has 1 saturated heterocycles. The molecule has 1 aliphatic rings. The zero-order valence-corrected chi connectivity index (χ0v) is 18.6. The summed E-state index contributed by atoms with van der Waals surface area (Å²) in [5.74, 6) is 0.160. The summed E-state index contributed by atoms with van der Waals surface area (Å²) in [6.07, 6.45) is -0.198. The van der Waals surface area contributed by atoms with Crippen LogP contribution in [-0.2, 0) is 14.3 Å². The topological polar surface area (TPSA) is 97.4 Å². The largest absolute Gasteiger partial charge is 0.497 e. The summed E-state index contributed by atoms with van der Waals surface area (Å²) in [6.45, 7) is 2.31.